The van der Waals surface area contributed by atoms with Crippen molar-refractivity contribution in [1.29, 1.82) is 0 Å². The van der Waals surface area contributed by atoms with E-state index >= 15 is 0 Å². The molecule has 1 aromatic rings. The van der Waals surface area contributed by atoms with Crippen LogP contribution in [-0.4, -0.2) is 27.7 Å². The summed E-state index contributed by atoms with van der Waals surface area (Å²) in [5.41, 5.74) is 0.180. The molecule has 1 spiro atoms. The van der Waals surface area contributed by atoms with Gasteiger partial charge in [0.1, 0.15) is 5.60 Å². The first kappa shape index (κ1) is 12.7. The van der Waals surface area contributed by atoms with Crippen molar-refractivity contribution in [2.24, 2.45) is 11.8 Å². The van der Waals surface area contributed by atoms with Crippen LogP contribution in [0, 0.1) is 11.8 Å². The SMILES string of the molecule is C[C@H]1CC[C@@H]2Cc3ccc(O)c4c3[C@]13C(O4)C(=O)C=C[C@@]23O. The lowest BCUT2D eigenvalue weighted by Gasteiger charge is -2.60. The number of carbonyl (C=O) groups excluding carboxylic acids is 1. The molecule has 2 N–H and O–H groups in total. The third kappa shape index (κ3) is 1.06. The molecule has 0 aromatic heterocycles. The first-order valence-electron chi connectivity index (χ1n) is 7.97. The Morgan fingerprint density at radius 1 is 1.32 bits per heavy atom. The summed E-state index contributed by atoms with van der Waals surface area (Å²) >= 11 is 0. The van der Waals surface area contributed by atoms with Gasteiger partial charge in [-0.2, -0.15) is 0 Å². The number of ether oxygens (including phenoxy) is 1. The van der Waals surface area contributed by atoms with Gasteiger partial charge in [-0.1, -0.05) is 13.0 Å². The fraction of sp³-hybridized carbons (Fsp3) is 0.500. The minimum atomic E-state index is -1.06. The van der Waals surface area contributed by atoms with Gasteiger partial charge < -0.3 is 14.9 Å². The number of rotatable bonds is 0. The zero-order chi connectivity index (χ0) is 15.3. The van der Waals surface area contributed by atoms with Crippen molar-refractivity contribution >= 4 is 5.78 Å². The second-order valence-electron chi connectivity index (χ2n) is 7.26. The van der Waals surface area contributed by atoms with E-state index in [1.54, 1.807) is 12.1 Å². The summed E-state index contributed by atoms with van der Waals surface area (Å²) in [6.45, 7) is 2.10. The minimum absolute atomic E-state index is 0.0638. The molecule has 1 aromatic carbocycles. The van der Waals surface area contributed by atoms with Crippen LogP contribution in [0.15, 0.2) is 24.3 Å². The molecular formula is C18H18O4. The molecule has 4 nitrogen and oxygen atoms in total. The summed E-state index contributed by atoms with van der Waals surface area (Å²) in [7, 11) is 0. The Hall–Kier alpha value is -1.81. The molecule has 4 aliphatic rings. The fourth-order valence-corrected chi connectivity index (χ4v) is 5.62. The molecular weight excluding hydrogens is 280 g/mol. The van der Waals surface area contributed by atoms with E-state index in [4.69, 9.17) is 4.74 Å². The van der Waals surface area contributed by atoms with Crippen LogP contribution < -0.4 is 4.74 Å². The predicted octanol–water partition coefficient (Wildman–Crippen LogP) is 1.86. The third-order valence-electron chi connectivity index (χ3n) is 6.52. The van der Waals surface area contributed by atoms with Gasteiger partial charge in [-0.3, -0.25) is 4.79 Å². The molecule has 1 fully saturated rings. The summed E-state index contributed by atoms with van der Waals surface area (Å²) < 4.78 is 5.95. The highest BCUT2D eigenvalue weighted by Gasteiger charge is 2.72. The van der Waals surface area contributed by atoms with E-state index < -0.39 is 17.1 Å². The van der Waals surface area contributed by atoms with Crippen molar-refractivity contribution < 1.29 is 19.7 Å². The van der Waals surface area contributed by atoms with Crippen molar-refractivity contribution in [3.63, 3.8) is 0 Å². The Balaban J connectivity index is 1.95. The normalized spacial score (nSPS) is 43.7. The third-order valence-corrected chi connectivity index (χ3v) is 6.52. The summed E-state index contributed by atoms with van der Waals surface area (Å²) in [6, 6.07) is 3.57. The minimum Gasteiger partial charge on any atom is -0.504 e. The number of hydrogen-bond acceptors (Lipinski definition) is 4. The van der Waals surface area contributed by atoms with Crippen molar-refractivity contribution in [1.82, 2.24) is 0 Å². The Morgan fingerprint density at radius 3 is 2.95 bits per heavy atom. The van der Waals surface area contributed by atoms with Gasteiger partial charge in [0.2, 0.25) is 0 Å². The van der Waals surface area contributed by atoms with Crippen LogP contribution in [0.5, 0.6) is 11.5 Å². The van der Waals surface area contributed by atoms with Gasteiger partial charge in [-0.25, -0.2) is 0 Å². The molecule has 0 radical (unpaired) electrons. The summed E-state index contributed by atoms with van der Waals surface area (Å²) in [6.07, 6.45) is 5.13. The number of benzene rings is 1. The molecule has 0 amide bonds. The first-order valence-corrected chi connectivity index (χ1v) is 7.97. The molecule has 2 bridgehead atoms. The van der Waals surface area contributed by atoms with Gasteiger partial charge in [0.15, 0.2) is 23.4 Å². The smallest absolute Gasteiger partial charge is 0.196 e. The van der Waals surface area contributed by atoms with E-state index in [2.05, 4.69) is 6.92 Å². The number of aromatic hydroxyl groups is 1. The van der Waals surface area contributed by atoms with E-state index in [1.165, 1.54) is 6.08 Å². The van der Waals surface area contributed by atoms with E-state index in [1.807, 2.05) is 6.07 Å². The van der Waals surface area contributed by atoms with Crippen LogP contribution in [-0.2, 0) is 16.6 Å². The predicted molar refractivity (Wildman–Crippen MR) is 78.9 cm³/mol. The molecule has 114 valence electrons. The summed E-state index contributed by atoms with van der Waals surface area (Å²) in [4.78, 5) is 12.5. The van der Waals surface area contributed by atoms with E-state index in [0.717, 1.165) is 30.4 Å². The monoisotopic (exact) mass is 298 g/mol. The van der Waals surface area contributed by atoms with Crippen LogP contribution in [0.2, 0.25) is 0 Å². The van der Waals surface area contributed by atoms with Crippen LogP contribution in [0.25, 0.3) is 0 Å². The Labute approximate surface area is 128 Å². The lowest BCUT2D eigenvalue weighted by Crippen LogP contribution is -2.70. The number of phenols is 1. The van der Waals surface area contributed by atoms with Crippen molar-refractivity contribution in [2.75, 3.05) is 0 Å². The lowest BCUT2D eigenvalue weighted by molar-refractivity contribution is -0.156. The largest absolute Gasteiger partial charge is 0.504 e. The number of carbonyl (C=O) groups is 1. The Morgan fingerprint density at radius 2 is 2.14 bits per heavy atom. The average molecular weight is 298 g/mol. The zero-order valence-electron chi connectivity index (χ0n) is 12.4. The highest BCUT2D eigenvalue weighted by Crippen LogP contribution is 2.67. The van der Waals surface area contributed by atoms with Crippen LogP contribution in [0.3, 0.4) is 0 Å². The van der Waals surface area contributed by atoms with Crippen molar-refractivity contribution in [3.8, 4) is 11.5 Å². The van der Waals surface area contributed by atoms with Crippen LogP contribution >= 0.6 is 0 Å². The molecule has 4 heteroatoms. The number of ketones is 1. The second-order valence-corrected chi connectivity index (χ2v) is 7.26. The highest BCUT2D eigenvalue weighted by atomic mass is 16.5. The van der Waals surface area contributed by atoms with Crippen LogP contribution in [0.4, 0.5) is 0 Å². The number of phenolic OH excluding ortho intramolecular Hbond substituents is 1. The maximum absolute atomic E-state index is 12.5. The van der Waals surface area contributed by atoms with Gasteiger partial charge in [-0.05, 0) is 54.9 Å². The lowest BCUT2D eigenvalue weighted by atomic mass is 9.44. The molecule has 1 aliphatic heterocycles. The number of aliphatic hydroxyl groups is 1. The quantitative estimate of drug-likeness (QED) is 0.767. The van der Waals surface area contributed by atoms with Gasteiger partial charge in [0.25, 0.3) is 0 Å². The summed E-state index contributed by atoms with van der Waals surface area (Å²) in [5.74, 6) is 0.580. The van der Waals surface area contributed by atoms with Gasteiger partial charge in [0.05, 0.1) is 5.41 Å². The van der Waals surface area contributed by atoms with Crippen molar-refractivity contribution in [3.05, 3.63) is 35.4 Å². The molecule has 22 heavy (non-hydrogen) atoms. The average Bonchev–Trinajstić information content (AvgIpc) is 2.86. The maximum atomic E-state index is 12.5. The van der Waals surface area contributed by atoms with Gasteiger partial charge >= 0.3 is 0 Å². The van der Waals surface area contributed by atoms with Gasteiger partial charge in [-0.15, -0.1) is 0 Å². The first-order chi connectivity index (χ1) is 10.5. The van der Waals surface area contributed by atoms with E-state index in [9.17, 15) is 15.0 Å². The Bertz CT molecular complexity index is 752. The molecule has 1 unspecified atom stereocenters. The molecule has 3 aliphatic carbocycles. The number of hydrogen-bond donors (Lipinski definition) is 2. The van der Waals surface area contributed by atoms with Gasteiger partial charge in [0, 0.05) is 5.56 Å². The zero-order valence-corrected chi connectivity index (χ0v) is 12.4. The Kier molecular flexibility index (Phi) is 2.06. The van der Waals surface area contributed by atoms with E-state index in [0.29, 0.717) is 5.75 Å². The molecule has 0 saturated heterocycles. The summed E-state index contributed by atoms with van der Waals surface area (Å²) in [5, 5.41) is 21.8. The molecule has 1 heterocycles. The maximum Gasteiger partial charge on any atom is 0.196 e. The second kappa shape index (κ2) is 3.57. The van der Waals surface area contributed by atoms with Crippen LogP contribution in [0.1, 0.15) is 30.9 Å². The molecule has 5 atom stereocenters. The van der Waals surface area contributed by atoms with E-state index in [-0.39, 0.29) is 23.4 Å². The molecule has 5 rings (SSSR count). The topological polar surface area (TPSA) is 66.8 Å². The fourth-order valence-electron chi connectivity index (χ4n) is 5.62. The highest BCUT2D eigenvalue weighted by molar-refractivity contribution is 5.99. The standard InChI is InChI=1S/C18H18O4/c1-9-2-4-11-8-10-3-5-12(19)15-14(10)18(9)16(22-15)13(20)6-7-17(11,18)21/h3,5-7,9,11,16,19,21H,2,4,8H2,1H3/t9-,11+,16?,17+,18-/m0/s1. The molecule has 1 saturated carbocycles. The van der Waals surface area contributed by atoms with Crippen molar-refractivity contribution in [2.45, 2.75) is 43.3 Å².